The fourth-order valence-corrected chi connectivity index (χ4v) is 0. The van der Waals surface area contributed by atoms with Gasteiger partial charge in [-0.05, 0) is 0 Å². The molecule has 0 bridgehead atoms. The van der Waals surface area contributed by atoms with Gasteiger partial charge in [0.1, 0.15) is 0 Å². The van der Waals surface area contributed by atoms with E-state index in [1.165, 1.54) is 0 Å². The van der Waals surface area contributed by atoms with Crippen LogP contribution in [0, 0.1) is 0 Å². The number of hydrogen-bond acceptors (Lipinski definition) is 2. The first-order valence-corrected chi connectivity index (χ1v) is 0.983. The van der Waals surface area contributed by atoms with Crippen LogP contribution in [0.15, 0.2) is 0 Å². The molecule has 0 aromatic carbocycles. The summed E-state index contributed by atoms with van der Waals surface area (Å²) < 4.78 is 0. The van der Waals surface area contributed by atoms with E-state index in [1.807, 2.05) is 0 Å². The molecule has 0 aliphatic rings. The van der Waals surface area contributed by atoms with Gasteiger partial charge in [-0.25, -0.2) is 0 Å². The zero-order valence-corrected chi connectivity index (χ0v) is 2.18. The molecular weight excluding hydrogens is 54.8 g/mol. The maximum atomic E-state index is 7.57. The van der Waals surface area contributed by atoms with Crippen molar-refractivity contribution >= 4 is 7.48 Å². The first-order valence-electron chi connectivity index (χ1n) is 0.983. The Kier molecular flexibility index (Phi) is 2.97. The van der Waals surface area contributed by atoms with E-state index >= 15 is 0 Å². The second-order valence-electron chi connectivity index (χ2n) is 0.365. The molecule has 0 unspecified atom stereocenters. The lowest BCUT2D eigenvalue weighted by molar-refractivity contribution is 0.348. The Bertz CT molecular complexity index is 8.00. The average Bonchev–Trinajstić information content (AvgIpc) is 1.37. The molecule has 0 saturated carbocycles. The Labute approximate surface area is 25.3 Å². The molecule has 0 aliphatic heterocycles. The molecule has 0 aromatic rings. The summed E-state index contributed by atoms with van der Waals surface area (Å²) in [6.07, 6.45) is 0. The minimum absolute atomic E-state index is 0.250. The van der Waals surface area contributed by atoms with Crippen LogP contribution in [-0.4, -0.2) is 24.1 Å². The minimum Gasteiger partial charge on any atom is -0.452 e. The predicted octanol–water partition coefficient (Wildman–Crippen LogP) is -1.45. The van der Waals surface area contributed by atoms with Gasteiger partial charge in [0.05, 0.1) is 0 Å². The van der Waals surface area contributed by atoms with Crippen molar-refractivity contribution in [3.63, 3.8) is 0 Å². The fraction of sp³-hybridized carbons (Fsp3) is 1.00. The lowest BCUT2D eigenvalue weighted by Gasteiger charge is -1.65. The Morgan fingerprint density at radius 2 is 2.00 bits per heavy atom. The molecule has 23 valence electrons. The topological polar surface area (TPSA) is 40.5 Å². The van der Waals surface area contributed by atoms with Crippen LogP contribution in [0.1, 0.15) is 0 Å². The highest BCUT2D eigenvalue weighted by Crippen LogP contribution is 1.33. The summed E-state index contributed by atoms with van der Waals surface area (Å²) in [7, 11) is 0.681. The monoisotopic (exact) mass is 59.0 g/mol. The maximum Gasteiger partial charge on any atom is 0.315 e. The predicted molar refractivity (Wildman–Crippen MR) is 15.1 cm³/mol. The van der Waals surface area contributed by atoms with Gasteiger partial charge in [0.2, 0.25) is 0 Å². The van der Waals surface area contributed by atoms with Crippen molar-refractivity contribution < 1.29 is 10.1 Å². The van der Waals surface area contributed by atoms with Gasteiger partial charge >= 0.3 is 7.48 Å². The maximum absolute atomic E-state index is 7.57. The van der Waals surface area contributed by atoms with Gasteiger partial charge in [-0.2, -0.15) is 0 Å². The smallest absolute Gasteiger partial charge is 0.315 e. The van der Waals surface area contributed by atoms with Gasteiger partial charge in [0.15, 0.2) is 0 Å². The molecule has 0 spiro atoms. The number of rotatable bonds is 1. The van der Waals surface area contributed by atoms with Crippen LogP contribution >= 0.6 is 0 Å². The molecular formula is CH4BO2. The highest BCUT2D eigenvalue weighted by atomic mass is 16.3. The largest absolute Gasteiger partial charge is 0.452 e. The molecule has 4 heavy (non-hydrogen) atoms. The Morgan fingerprint density at radius 3 is 2.00 bits per heavy atom. The molecule has 2 N–H and O–H groups in total. The summed E-state index contributed by atoms with van der Waals surface area (Å²) in [4.78, 5) is 0. The summed E-state index contributed by atoms with van der Waals surface area (Å²) in [6, 6.07) is 0. The normalized spacial score (nSPS) is 6.50. The SMILES string of the molecule is O[B]CO. The first-order chi connectivity index (χ1) is 1.91. The molecule has 0 rings (SSSR count). The van der Waals surface area contributed by atoms with Gasteiger partial charge < -0.3 is 10.1 Å². The highest BCUT2D eigenvalue weighted by Gasteiger charge is 1.67. The van der Waals surface area contributed by atoms with Crippen LogP contribution in [-0.2, 0) is 0 Å². The van der Waals surface area contributed by atoms with E-state index in [-0.39, 0.29) is 6.51 Å². The molecule has 0 atom stereocenters. The molecule has 1 radical (unpaired) electrons. The summed E-state index contributed by atoms with van der Waals surface area (Å²) in [5, 5.41) is 15.1. The summed E-state index contributed by atoms with van der Waals surface area (Å²) in [6.45, 7) is -0.250. The standard InChI is InChI=1S/CH4BO2/c3-1-2-4/h3-4H,1H2. The van der Waals surface area contributed by atoms with E-state index in [0.29, 0.717) is 7.48 Å². The number of aliphatic hydroxyl groups excluding tert-OH is 1. The molecule has 0 fully saturated rings. The Hall–Kier alpha value is -0.0151. The molecule has 0 saturated heterocycles. The molecule has 3 heteroatoms. The molecule has 0 amide bonds. The van der Waals surface area contributed by atoms with E-state index in [2.05, 4.69) is 0 Å². The third kappa shape index (κ3) is 1.98. The number of aliphatic hydroxyl groups is 1. The Balaban J connectivity index is 1.97. The van der Waals surface area contributed by atoms with Crippen LogP contribution < -0.4 is 0 Å². The zero-order valence-electron chi connectivity index (χ0n) is 2.18. The van der Waals surface area contributed by atoms with Crippen LogP contribution in [0.3, 0.4) is 0 Å². The summed E-state index contributed by atoms with van der Waals surface area (Å²) in [5.41, 5.74) is 0. The molecule has 0 aliphatic carbocycles. The lowest BCUT2D eigenvalue weighted by atomic mass is 10.1. The van der Waals surface area contributed by atoms with Crippen molar-refractivity contribution in [1.29, 1.82) is 0 Å². The van der Waals surface area contributed by atoms with Crippen molar-refractivity contribution in [1.82, 2.24) is 0 Å². The van der Waals surface area contributed by atoms with E-state index in [4.69, 9.17) is 10.1 Å². The van der Waals surface area contributed by atoms with Gasteiger partial charge in [-0.1, -0.05) is 0 Å². The van der Waals surface area contributed by atoms with Gasteiger partial charge in [-0.3, -0.25) is 0 Å². The van der Waals surface area contributed by atoms with Crippen LogP contribution in [0.2, 0.25) is 0 Å². The van der Waals surface area contributed by atoms with E-state index in [9.17, 15) is 0 Å². The van der Waals surface area contributed by atoms with Crippen molar-refractivity contribution in [2.45, 2.75) is 0 Å². The summed E-state index contributed by atoms with van der Waals surface area (Å²) in [5.74, 6) is 0. The van der Waals surface area contributed by atoms with Crippen molar-refractivity contribution in [2.24, 2.45) is 0 Å². The molecule has 2 nitrogen and oxygen atoms in total. The van der Waals surface area contributed by atoms with Gasteiger partial charge in [0, 0.05) is 6.51 Å². The quantitative estimate of drug-likeness (QED) is 0.362. The summed E-state index contributed by atoms with van der Waals surface area (Å²) >= 11 is 0. The van der Waals surface area contributed by atoms with Crippen LogP contribution in [0.5, 0.6) is 0 Å². The van der Waals surface area contributed by atoms with Crippen molar-refractivity contribution in [3.05, 3.63) is 0 Å². The third-order valence-corrected chi connectivity index (χ3v) is 0.0816. The van der Waals surface area contributed by atoms with Crippen molar-refractivity contribution in [3.8, 4) is 0 Å². The molecule has 0 heterocycles. The van der Waals surface area contributed by atoms with E-state index in [1.54, 1.807) is 0 Å². The lowest BCUT2D eigenvalue weighted by Crippen LogP contribution is -1.91. The van der Waals surface area contributed by atoms with E-state index < -0.39 is 0 Å². The molecule has 0 aromatic heterocycles. The third-order valence-electron chi connectivity index (χ3n) is 0.0816. The van der Waals surface area contributed by atoms with Gasteiger partial charge in [0.25, 0.3) is 0 Å². The second-order valence-corrected chi connectivity index (χ2v) is 0.365. The fourth-order valence-electron chi connectivity index (χ4n) is 0. The number of hydrogen-bond donors (Lipinski definition) is 2. The van der Waals surface area contributed by atoms with Crippen LogP contribution in [0.25, 0.3) is 0 Å². The van der Waals surface area contributed by atoms with Gasteiger partial charge in [-0.15, -0.1) is 0 Å². The van der Waals surface area contributed by atoms with Crippen LogP contribution in [0.4, 0.5) is 0 Å². The van der Waals surface area contributed by atoms with E-state index in [0.717, 1.165) is 0 Å². The average molecular weight is 58.9 g/mol. The Morgan fingerprint density at radius 1 is 1.75 bits per heavy atom. The highest BCUT2D eigenvalue weighted by molar-refractivity contribution is 6.24. The van der Waals surface area contributed by atoms with Crippen molar-refractivity contribution in [2.75, 3.05) is 6.51 Å². The minimum atomic E-state index is -0.250. The second kappa shape index (κ2) is 2.98. The zero-order chi connectivity index (χ0) is 3.41. The first kappa shape index (κ1) is 3.98.